The fourth-order valence-corrected chi connectivity index (χ4v) is 7.20. The minimum atomic E-state index is -1.24. The smallest absolute Gasteiger partial charge is 0.250 e. The van der Waals surface area contributed by atoms with Gasteiger partial charge in [0, 0.05) is 40.4 Å². The third kappa shape index (κ3) is 2.60. The minimum absolute atomic E-state index is 0.0000274. The van der Waals surface area contributed by atoms with Crippen LogP contribution in [-0.2, 0) is 10.3 Å². The molecule has 1 amide bonds. The number of ketones is 1. The zero-order chi connectivity index (χ0) is 21.9. The maximum atomic E-state index is 14.5. The number of nitrogens with one attached hydrogen (secondary N) is 1. The fourth-order valence-electron chi connectivity index (χ4n) is 5.88. The van der Waals surface area contributed by atoms with Crippen LogP contribution in [0.3, 0.4) is 0 Å². The number of Topliss-reactive ketones (excluding diaryl/α,β-unsaturated/α-hetero) is 1. The Morgan fingerprint density at radius 3 is 2.50 bits per heavy atom. The van der Waals surface area contributed by atoms with Gasteiger partial charge >= 0.3 is 0 Å². The highest BCUT2D eigenvalue weighted by atomic mass is 32.2. The first-order chi connectivity index (χ1) is 15.6. The monoisotopic (exact) mass is 444 g/mol. The lowest BCUT2D eigenvalue weighted by molar-refractivity contribution is -0.127. The summed E-state index contributed by atoms with van der Waals surface area (Å²) in [5.74, 6) is -0.130. The quantitative estimate of drug-likeness (QED) is 0.598. The number of carbonyl (C=O) groups is 2. The maximum absolute atomic E-state index is 14.5. The van der Waals surface area contributed by atoms with Gasteiger partial charge in [-0.15, -0.1) is 11.8 Å². The molecular weight excluding hydrogens is 423 g/mol. The number of rotatable bonds is 3. The molecule has 1 N–H and O–H groups in total. The molecule has 0 unspecified atom stereocenters. The molecule has 32 heavy (non-hydrogen) atoms. The zero-order valence-electron chi connectivity index (χ0n) is 17.2. The normalized spacial score (nSPS) is 28.5. The molecule has 0 aromatic heterocycles. The Hall–Kier alpha value is -2.96. The molecule has 3 aliphatic heterocycles. The van der Waals surface area contributed by atoms with E-state index in [4.69, 9.17) is 0 Å². The summed E-state index contributed by atoms with van der Waals surface area (Å²) in [5.41, 5.74) is 1.53. The van der Waals surface area contributed by atoms with Gasteiger partial charge < -0.3 is 5.32 Å². The van der Waals surface area contributed by atoms with E-state index in [1.807, 2.05) is 48.5 Å². The van der Waals surface area contributed by atoms with E-state index in [0.717, 1.165) is 11.3 Å². The van der Waals surface area contributed by atoms with Crippen molar-refractivity contribution in [3.8, 4) is 0 Å². The van der Waals surface area contributed by atoms with Crippen molar-refractivity contribution in [1.82, 2.24) is 4.90 Å². The predicted molar refractivity (Wildman–Crippen MR) is 123 cm³/mol. The molecule has 3 aromatic carbocycles. The molecule has 1 spiro atoms. The second kappa shape index (κ2) is 7.29. The predicted octanol–water partition coefficient (Wildman–Crippen LogP) is 4.64. The largest absolute Gasteiger partial charge is 0.324 e. The number of nitrogens with zero attached hydrogens (tertiary/aromatic N) is 1. The summed E-state index contributed by atoms with van der Waals surface area (Å²) >= 11 is 1.76. The van der Waals surface area contributed by atoms with Crippen molar-refractivity contribution in [3.05, 3.63) is 101 Å². The van der Waals surface area contributed by atoms with Gasteiger partial charge in [0.2, 0.25) is 5.91 Å². The summed E-state index contributed by atoms with van der Waals surface area (Å²) < 4.78 is 14.5. The van der Waals surface area contributed by atoms with Crippen molar-refractivity contribution >= 4 is 29.1 Å². The Labute approximate surface area is 189 Å². The Balaban J connectivity index is 1.63. The lowest BCUT2D eigenvalue weighted by atomic mass is 9.69. The van der Waals surface area contributed by atoms with E-state index in [1.165, 1.54) is 12.1 Å². The number of carbonyl (C=O) groups excluding carboxylic acids is 2. The minimum Gasteiger partial charge on any atom is -0.324 e. The van der Waals surface area contributed by atoms with Crippen LogP contribution < -0.4 is 5.32 Å². The first kappa shape index (κ1) is 19.7. The highest BCUT2D eigenvalue weighted by molar-refractivity contribution is 7.99. The van der Waals surface area contributed by atoms with Crippen LogP contribution in [0.1, 0.15) is 27.4 Å². The van der Waals surface area contributed by atoms with Crippen LogP contribution in [0, 0.1) is 11.7 Å². The highest BCUT2D eigenvalue weighted by Gasteiger charge is 2.69. The summed E-state index contributed by atoms with van der Waals surface area (Å²) in [4.78, 5) is 30.1. The molecule has 0 aliphatic carbocycles. The van der Waals surface area contributed by atoms with E-state index >= 15 is 0 Å². The first-order valence-corrected chi connectivity index (χ1v) is 11.9. The number of amides is 1. The molecule has 0 saturated carbocycles. The number of thioether (sulfide) groups is 1. The highest BCUT2D eigenvalue weighted by Crippen LogP contribution is 2.61. The van der Waals surface area contributed by atoms with Crippen LogP contribution in [0.25, 0.3) is 0 Å². The van der Waals surface area contributed by atoms with Gasteiger partial charge in [0.1, 0.15) is 11.4 Å². The van der Waals surface area contributed by atoms with Crippen LogP contribution in [-0.4, -0.2) is 34.3 Å². The van der Waals surface area contributed by atoms with Crippen molar-refractivity contribution in [2.45, 2.75) is 17.5 Å². The van der Waals surface area contributed by atoms with Gasteiger partial charge in [0.15, 0.2) is 5.78 Å². The van der Waals surface area contributed by atoms with Crippen LogP contribution in [0.4, 0.5) is 10.1 Å². The molecule has 2 saturated heterocycles. The van der Waals surface area contributed by atoms with Crippen LogP contribution in [0.5, 0.6) is 0 Å². The SMILES string of the molecule is O=C(c1ccccc1)[C@H]1[C@H](c2ccccc2)[C@H]2CSCN2[C@@]12C(=O)Nc1ccc(F)cc12. The average Bonchev–Trinajstić information content (AvgIpc) is 3.48. The van der Waals surface area contributed by atoms with E-state index < -0.39 is 17.3 Å². The van der Waals surface area contributed by atoms with E-state index in [0.29, 0.717) is 22.7 Å². The number of hydrogen-bond acceptors (Lipinski definition) is 4. The Morgan fingerprint density at radius 1 is 1.03 bits per heavy atom. The molecule has 0 radical (unpaired) electrons. The molecule has 4 nitrogen and oxygen atoms in total. The van der Waals surface area contributed by atoms with E-state index in [2.05, 4.69) is 10.2 Å². The lowest BCUT2D eigenvalue weighted by Crippen LogP contribution is -2.52. The van der Waals surface area contributed by atoms with Crippen molar-refractivity contribution in [2.24, 2.45) is 5.92 Å². The van der Waals surface area contributed by atoms with Gasteiger partial charge in [0.25, 0.3) is 0 Å². The van der Waals surface area contributed by atoms with E-state index in [1.54, 1.807) is 30.0 Å². The van der Waals surface area contributed by atoms with Gasteiger partial charge in [-0.3, -0.25) is 14.5 Å². The molecule has 6 rings (SSSR count). The molecule has 6 heteroatoms. The number of benzene rings is 3. The van der Waals surface area contributed by atoms with E-state index in [9.17, 15) is 14.0 Å². The molecule has 4 atom stereocenters. The fraction of sp³-hybridized carbons (Fsp3) is 0.231. The summed E-state index contributed by atoms with van der Waals surface area (Å²) in [6.45, 7) is 0. The summed E-state index contributed by atoms with van der Waals surface area (Å²) in [6, 6.07) is 23.5. The summed E-state index contributed by atoms with van der Waals surface area (Å²) in [7, 11) is 0. The second-order valence-electron chi connectivity index (χ2n) is 8.59. The van der Waals surface area contributed by atoms with Gasteiger partial charge in [0.05, 0.1) is 5.92 Å². The Bertz CT molecular complexity index is 1220. The van der Waals surface area contributed by atoms with E-state index in [-0.39, 0.29) is 23.7 Å². The summed E-state index contributed by atoms with van der Waals surface area (Å²) in [5, 5.41) is 2.97. The van der Waals surface area contributed by atoms with Crippen LogP contribution in [0.2, 0.25) is 0 Å². The molecule has 3 heterocycles. The molecule has 0 bridgehead atoms. The second-order valence-corrected chi connectivity index (χ2v) is 9.59. The topological polar surface area (TPSA) is 49.4 Å². The third-order valence-electron chi connectivity index (χ3n) is 7.11. The number of hydrogen-bond donors (Lipinski definition) is 1. The van der Waals surface area contributed by atoms with Crippen molar-refractivity contribution < 1.29 is 14.0 Å². The molecule has 3 aliphatic rings. The lowest BCUT2D eigenvalue weighted by Gasteiger charge is -2.36. The molecular formula is C26H21FN2O2S. The third-order valence-corrected chi connectivity index (χ3v) is 8.15. The maximum Gasteiger partial charge on any atom is 0.250 e. The Kier molecular flexibility index (Phi) is 4.49. The molecule has 3 aromatic rings. The van der Waals surface area contributed by atoms with Gasteiger partial charge in [-0.05, 0) is 23.8 Å². The first-order valence-electron chi connectivity index (χ1n) is 10.7. The summed E-state index contributed by atoms with van der Waals surface area (Å²) in [6.07, 6.45) is 0. The molecule has 160 valence electrons. The number of fused-ring (bicyclic) bond motifs is 4. The standard InChI is InChI=1S/C26H21FN2O2S/c27-18-11-12-20-19(13-18)26(25(31)28-20)23(24(30)17-9-5-2-6-10-17)22(16-7-3-1-4-8-16)21-14-32-15-29(21)26/h1-13,21-23H,14-15H2,(H,28,31)/t21-,22-,23-,26-/m1/s1. The Morgan fingerprint density at radius 2 is 1.75 bits per heavy atom. The molecule has 2 fully saturated rings. The zero-order valence-corrected chi connectivity index (χ0v) is 18.0. The van der Waals surface area contributed by atoms with Crippen LogP contribution >= 0.6 is 11.8 Å². The van der Waals surface area contributed by atoms with Crippen LogP contribution in [0.15, 0.2) is 78.9 Å². The van der Waals surface area contributed by atoms with Crippen molar-refractivity contribution in [3.63, 3.8) is 0 Å². The van der Waals surface area contributed by atoms with Gasteiger partial charge in [-0.25, -0.2) is 4.39 Å². The van der Waals surface area contributed by atoms with Crippen molar-refractivity contribution in [2.75, 3.05) is 16.9 Å². The van der Waals surface area contributed by atoms with Gasteiger partial charge in [-0.1, -0.05) is 60.7 Å². The van der Waals surface area contributed by atoms with Gasteiger partial charge in [-0.2, -0.15) is 0 Å². The average molecular weight is 445 g/mol. The number of anilines is 1. The van der Waals surface area contributed by atoms with Crippen molar-refractivity contribution in [1.29, 1.82) is 0 Å². The number of halogens is 1.